The Hall–Kier alpha value is -0.690. The van der Waals surface area contributed by atoms with Gasteiger partial charge in [-0.15, -0.1) is 0 Å². The third kappa shape index (κ3) is 4.72. The van der Waals surface area contributed by atoms with Gasteiger partial charge in [-0.25, -0.2) is 26.3 Å². The fraction of sp³-hybridized carbons (Fsp3) is 1.00. The molecule has 0 saturated heterocycles. The summed E-state index contributed by atoms with van der Waals surface area (Å²) in [5.41, 5.74) is -4.61. The molecule has 0 aromatic heterocycles. The quantitative estimate of drug-likeness (QED) is 0.578. The lowest BCUT2D eigenvalue weighted by Gasteiger charge is -2.25. The second-order valence-corrected chi connectivity index (χ2v) is 4.57. The molecule has 4 unspecified atom stereocenters. The smallest absolute Gasteiger partial charge is 0.328 e. The highest BCUT2D eigenvalue weighted by Crippen LogP contribution is 2.35. The minimum Gasteiger partial charge on any atom is -0.344 e. The molecule has 0 fully saturated rings. The predicted octanol–water partition coefficient (Wildman–Crippen LogP) is 2.25. The van der Waals surface area contributed by atoms with Gasteiger partial charge in [-0.3, -0.25) is 4.55 Å². The maximum Gasteiger partial charge on any atom is 0.328 e. The van der Waals surface area contributed by atoms with E-state index in [2.05, 4.69) is 0 Å². The molecule has 0 aromatic rings. The van der Waals surface area contributed by atoms with E-state index in [1.54, 1.807) is 0 Å². The summed E-state index contributed by atoms with van der Waals surface area (Å²) >= 11 is 0. The van der Waals surface area contributed by atoms with Crippen molar-refractivity contribution in [2.75, 3.05) is 0 Å². The topological polar surface area (TPSA) is 89.4 Å². The third-order valence-corrected chi connectivity index (χ3v) is 2.59. The van der Waals surface area contributed by atoms with E-state index < -0.39 is 46.5 Å². The van der Waals surface area contributed by atoms with E-state index in [0.29, 0.717) is 0 Å². The highest BCUT2D eigenvalue weighted by atomic mass is 32.2. The molecular weight excluding hydrogens is 318 g/mol. The lowest BCUT2D eigenvalue weighted by atomic mass is 10.1. The SMILES string of the molecule is N.O=S(=O)(O)C(F)C(F)(F)C(F)C(F)C(F)C(F)F. The van der Waals surface area contributed by atoms with E-state index in [4.69, 9.17) is 4.55 Å². The molecule has 0 rings (SSSR count). The second kappa shape index (κ2) is 6.65. The summed E-state index contributed by atoms with van der Waals surface area (Å²) in [7, 11) is -6.12. The van der Waals surface area contributed by atoms with Gasteiger partial charge >= 0.3 is 16.0 Å². The number of alkyl halides is 8. The molecule has 0 aromatic carbocycles. The normalized spacial score (nSPS) is 19.5. The Kier molecular flexibility index (Phi) is 7.22. The number of rotatable bonds is 6. The number of halogens is 8. The van der Waals surface area contributed by atoms with Crippen molar-refractivity contribution < 1.29 is 48.1 Å². The van der Waals surface area contributed by atoms with Gasteiger partial charge in [0.15, 0.2) is 12.3 Å². The van der Waals surface area contributed by atoms with Crippen LogP contribution in [0.1, 0.15) is 0 Å². The van der Waals surface area contributed by atoms with Gasteiger partial charge in [0.1, 0.15) is 0 Å². The van der Waals surface area contributed by atoms with Crippen molar-refractivity contribution in [2.45, 2.75) is 36.4 Å². The summed E-state index contributed by atoms with van der Waals surface area (Å²) in [6.45, 7) is 0. The standard InChI is InChI=1S/C6H6F8O3S.H3N/c7-1(2(8)4(10)11)3(9)6(13,14)5(12)18(15,16)17;/h1-5H,(H,15,16,17);1H3. The summed E-state index contributed by atoms with van der Waals surface area (Å²) in [5.74, 6) is -5.73. The van der Waals surface area contributed by atoms with Crippen LogP contribution in [0.4, 0.5) is 35.1 Å². The average molecular weight is 327 g/mol. The fourth-order valence-corrected chi connectivity index (χ4v) is 1.36. The van der Waals surface area contributed by atoms with Gasteiger partial charge in [-0.1, -0.05) is 0 Å². The Morgan fingerprint density at radius 2 is 1.26 bits per heavy atom. The molecule has 19 heavy (non-hydrogen) atoms. The van der Waals surface area contributed by atoms with Gasteiger partial charge in [-0.05, 0) is 0 Å². The van der Waals surface area contributed by atoms with E-state index in [-0.39, 0.29) is 6.15 Å². The highest BCUT2D eigenvalue weighted by molar-refractivity contribution is 7.86. The first-order valence-electron chi connectivity index (χ1n) is 4.02. The molecule has 4 N–H and O–H groups in total. The molecule has 0 radical (unpaired) electrons. The van der Waals surface area contributed by atoms with Crippen LogP contribution in [0.3, 0.4) is 0 Å². The maximum atomic E-state index is 12.7. The van der Waals surface area contributed by atoms with E-state index in [1.165, 1.54) is 0 Å². The zero-order valence-corrected chi connectivity index (χ0v) is 9.61. The van der Waals surface area contributed by atoms with Gasteiger partial charge in [0, 0.05) is 0 Å². The average Bonchev–Trinajstić information content (AvgIpc) is 2.23. The third-order valence-electron chi connectivity index (χ3n) is 1.76. The fourth-order valence-electron chi connectivity index (χ4n) is 0.836. The summed E-state index contributed by atoms with van der Waals surface area (Å²) in [4.78, 5) is 0. The van der Waals surface area contributed by atoms with E-state index in [0.717, 1.165) is 0 Å². The summed E-state index contributed by atoms with van der Waals surface area (Å²) < 4.78 is 126. The largest absolute Gasteiger partial charge is 0.344 e. The van der Waals surface area contributed by atoms with Gasteiger partial charge in [0.05, 0.1) is 0 Å². The molecule has 0 saturated carbocycles. The van der Waals surface area contributed by atoms with Crippen LogP contribution in [0.5, 0.6) is 0 Å². The van der Waals surface area contributed by atoms with Crippen LogP contribution in [0, 0.1) is 0 Å². The van der Waals surface area contributed by atoms with Gasteiger partial charge < -0.3 is 6.15 Å². The predicted molar refractivity (Wildman–Crippen MR) is 47.1 cm³/mol. The van der Waals surface area contributed by atoms with Gasteiger partial charge in [0.2, 0.25) is 6.17 Å². The van der Waals surface area contributed by atoms with Crippen molar-refractivity contribution in [3.8, 4) is 0 Å². The Morgan fingerprint density at radius 1 is 0.895 bits per heavy atom. The molecule has 0 aliphatic heterocycles. The van der Waals surface area contributed by atoms with E-state index in [1.807, 2.05) is 0 Å². The van der Waals surface area contributed by atoms with Crippen molar-refractivity contribution in [3.05, 3.63) is 0 Å². The molecule has 0 heterocycles. The van der Waals surface area contributed by atoms with Crippen molar-refractivity contribution in [3.63, 3.8) is 0 Å². The summed E-state index contributed by atoms with van der Waals surface area (Å²) in [5, 5.41) is 0. The lowest BCUT2D eigenvalue weighted by Crippen LogP contribution is -2.51. The van der Waals surface area contributed by atoms with Crippen molar-refractivity contribution >= 4 is 10.1 Å². The van der Waals surface area contributed by atoms with Crippen LogP contribution in [0.25, 0.3) is 0 Å². The maximum absolute atomic E-state index is 12.7. The molecule has 13 heteroatoms. The van der Waals surface area contributed by atoms with Crippen molar-refractivity contribution in [1.29, 1.82) is 0 Å². The highest BCUT2D eigenvalue weighted by Gasteiger charge is 2.60. The summed E-state index contributed by atoms with van der Waals surface area (Å²) in [6, 6.07) is 0. The minimum absolute atomic E-state index is 0. The monoisotopic (exact) mass is 327 g/mol. The number of hydrogen-bond donors (Lipinski definition) is 2. The molecule has 0 bridgehead atoms. The minimum atomic E-state index is -6.12. The second-order valence-electron chi connectivity index (χ2n) is 3.13. The van der Waals surface area contributed by atoms with E-state index >= 15 is 0 Å². The van der Waals surface area contributed by atoms with Crippen LogP contribution in [0.2, 0.25) is 0 Å². The van der Waals surface area contributed by atoms with Gasteiger partial charge in [-0.2, -0.15) is 17.2 Å². The Bertz CT molecular complexity index is 377. The molecular formula is C6H9F8NO3S. The lowest BCUT2D eigenvalue weighted by molar-refractivity contribution is -0.146. The Labute approximate surface area is 102 Å². The Balaban J connectivity index is 0. The van der Waals surface area contributed by atoms with E-state index in [9.17, 15) is 43.5 Å². The first kappa shape index (κ1) is 20.6. The molecule has 4 atom stereocenters. The van der Waals surface area contributed by atoms with Crippen LogP contribution in [-0.2, 0) is 10.1 Å². The molecule has 0 aliphatic carbocycles. The first-order chi connectivity index (χ1) is 7.83. The molecule has 118 valence electrons. The molecule has 0 amide bonds. The van der Waals surface area contributed by atoms with Crippen LogP contribution in [-0.4, -0.2) is 49.3 Å². The van der Waals surface area contributed by atoms with Crippen LogP contribution >= 0.6 is 0 Å². The van der Waals surface area contributed by atoms with Crippen molar-refractivity contribution in [2.24, 2.45) is 0 Å². The van der Waals surface area contributed by atoms with Crippen molar-refractivity contribution in [1.82, 2.24) is 6.15 Å². The zero-order valence-electron chi connectivity index (χ0n) is 8.79. The first-order valence-corrected chi connectivity index (χ1v) is 5.52. The molecule has 4 nitrogen and oxygen atoms in total. The number of hydrogen-bond acceptors (Lipinski definition) is 3. The molecule has 0 spiro atoms. The Morgan fingerprint density at radius 3 is 1.53 bits per heavy atom. The van der Waals surface area contributed by atoms with Crippen LogP contribution in [0.15, 0.2) is 0 Å². The summed E-state index contributed by atoms with van der Waals surface area (Å²) in [6.07, 6.45) is -16.9. The molecule has 0 aliphatic rings. The zero-order chi connectivity index (χ0) is 14.9. The van der Waals surface area contributed by atoms with Crippen LogP contribution < -0.4 is 6.15 Å². The van der Waals surface area contributed by atoms with Gasteiger partial charge in [0.25, 0.3) is 11.9 Å².